The van der Waals surface area contributed by atoms with Crippen LogP contribution in [0.1, 0.15) is 5.56 Å². The number of hydrogen-bond acceptors (Lipinski definition) is 2. The van der Waals surface area contributed by atoms with Crippen LogP contribution < -0.4 is 10.2 Å². The number of rotatable bonds is 2. The van der Waals surface area contributed by atoms with E-state index in [-0.39, 0.29) is 11.6 Å². The fourth-order valence-electron chi connectivity index (χ4n) is 2.07. The maximum atomic E-state index is 12.4. The minimum absolute atomic E-state index is 0.270. The van der Waals surface area contributed by atoms with Crippen molar-refractivity contribution >= 4 is 39.6 Å². The number of benzene rings is 2. The lowest BCUT2D eigenvalue weighted by atomic mass is 10.2. The second-order valence-corrected chi connectivity index (χ2v) is 5.43. The molecular formula is C16H11BrN2O2. The van der Waals surface area contributed by atoms with Gasteiger partial charge >= 0.3 is 6.03 Å². The zero-order valence-corrected chi connectivity index (χ0v) is 12.5. The summed E-state index contributed by atoms with van der Waals surface area (Å²) in [6.45, 7) is 0. The van der Waals surface area contributed by atoms with Gasteiger partial charge in [0.05, 0.1) is 5.69 Å². The van der Waals surface area contributed by atoms with Crippen LogP contribution in [0.3, 0.4) is 0 Å². The topological polar surface area (TPSA) is 49.4 Å². The normalized spacial score (nSPS) is 16.4. The molecule has 4 nitrogen and oxygen atoms in total. The first kappa shape index (κ1) is 13.6. The van der Waals surface area contributed by atoms with Gasteiger partial charge in [-0.2, -0.15) is 0 Å². The van der Waals surface area contributed by atoms with E-state index in [4.69, 9.17) is 0 Å². The predicted molar refractivity (Wildman–Crippen MR) is 84.6 cm³/mol. The van der Waals surface area contributed by atoms with E-state index in [2.05, 4.69) is 21.2 Å². The molecule has 0 unspecified atom stereocenters. The van der Waals surface area contributed by atoms with Crippen molar-refractivity contribution in [2.24, 2.45) is 0 Å². The number of nitrogens with zero attached hydrogens (tertiary/aromatic N) is 1. The maximum Gasteiger partial charge on any atom is 0.333 e. The summed E-state index contributed by atoms with van der Waals surface area (Å²) in [5.74, 6) is -0.353. The Morgan fingerprint density at radius 2 is 1.62 bits per heavy atom. The van der Waals surface area contributed by atoms with Gasteiger partial charge in [-0.3, -0.25) is 4.79 Å². The molecule has 0 aliphatic carbocycles. The first-order valence-electron chi connectivity index (χ1n) is 6.33. The molecule has 104 valence electrons. The Kier molecular flexibility index (Phi) is 3.58. The number of para-hydroxylation sites is 1. The fourth-order valence-corrected chi connectivity index (χ4v) is 2.34. The number of halogens is 1. The average Bonchev–Trinajstić information content (AvgIpc) is 2.77. The summed E-state index contributed by atoms with van der Waals surface area (Å²) in [7, 11) is 0. The molecule has 0 saturated carbocycles. The lowest BCUT2D eigenvalue weighted by Gasteiger charge is -2.10. The Bertz CT molecular complexity index is 724. The molecule has 1 heterocycles. The number of amides is 3. The summed E-state index contributed by atoms with van der Waals surface area (Å²) in [6, 6.07) is 15.9. The number of anilines is 1. The van der Waals surface area contributed by atoms with Gasteiger partial charge in [0.25, 0.3) is 5.91 Å². The lowest BCUT2D eigenvalue weighted by Crippen LogP contribution is -2.30. The molecule has 0 radical (unpaired) electrons. The second-order valence-electron chi connectivity index (χ2n) is 4.52. The van der Waals surface area contributed by atoms with Crippen LogP contribution in [-0.4, -0.2) is 11.9 Å². The standard InChI is InChI=1S/C16H11BrN2O2/c17-12-8-6-11(7-9-12)10-14-15(20)19(16(21)18-14)13-4-2-1-3-5-13/h1-10H,(H,18,21)/b14-10+. The molecular weight excluding hydrogens is 332 g/mol. The zero-order chi connectivity index (χ0) is 14.8. The van der Waals surface area contributed by atoms with Crippen molar-refractivity contribution in [3.63, 3.8) is 0 Å². The quantitative estimate of drug-likeness (QED) is 0.670. The van der Waals surface area contributed by atoms with E-state index >= 15 is 0 Å². The van der Waals surface area contributed by atoms with Gasteiger partial charge in [-0.05, 0) is 35.9 Å². The monoisotopic (exact) mass is 342 g/mol. The average molecular weight is 343 g/mol. The molecule has 0 spiro atoms. The summed E-state index contributed by atoms with van der Waals surface area (Å²) in [5, 5.41) is 2.60. The molecule has 5 heteroatoms. The zero-order valence-electron chi connectivity index (χ0n) is 10.9. The molecule has 0 bridgehead atoms. The van der Waals surface area contributed by atoms with Gasteiger partial charge in [0.1, 0.15) is 5.70 Å². The van der Waals surface area contributed by atoms with E-state index in [0.717, 1.165) is 14.9 Å². The van der Waals surface area contributed by atoms with Crippen molar-refractivity contribution in [1.29, 1.82) is 0 Å². The van der Waals surface area contributed by atoms with Gasteiger partial charge in [-0.15, -0.1) is 0 Å². The highest BCUT2D eigenvalue weighted by Gasteiger charge is 2.34. The van der Waals surface area contributed by atoms with Crippen LogP contribution in [-0.2, 0) is 4.79 Å². The number of carbonyl (C=O) groups excluding carboxylic acids is 2. The number of hydrogen-bond donors (Lipinski definition) is 1. The molecule has 1 saturated heterocycles. The highest BCUT2D eigenvalue weighted by atomic mass is 79.9. The van der Waals surface area contributed by atoms with Crippen LogP contribution in [0.15, 0.2) is 64.8 Å². The van der Waals surface area contributed by atoms with Gasteiger partial charge in [0.2, 0.25) is 0 Å². The molecule has 3 rings (SSSR count). The van der Waals surface area contributed by atoms with Crippen LogP contribution in [0.25, 0.3) is 6.08 Å². The highest BCUT2D eigenvalue weighted by molar-refractivity contribution is 9.10. The van der Waals surface area contributed by atoms with Gasteiger partial charge in [0, 0.05) is 4.47 Å². The van der Waals surface area contributed by atoms with E-state index in [9.17, 15) is 9.59 Å². The number of imide groups is 1. The third-order valence-corrected chi connectivity index (χ3v) is 3.60. The van der Waals surface area contributed by atoms with Gasteiger partial charge in [0.15, 0.2) is 0 Å². The van der Waals surface area contributed by atoms with Crippen LogP contribution in [0.4, 0.5) is 10.5 Å². The molecule has 1 fully saturated rings. The summed E-state index contributed by atoms with van der Waals surface area (Å²) >= 11 is 3.35. The van der Waals surface area contributed by atoms with Crippen molar-refractivity contribution < 1.29 is 9.59 Å². The summed E-state index contributed by atoms with van der Waals surface area (Å²) < 4.78 is 0.956. The smallest absolute Gasteiger partial charge is 0.302 e. The number of carbonyl (C=O) groups is 2. The molecule has 21 heavy (non-hydrogen) atoms. The van der Waals surface area contributed by atoms with E-state index in [1.807, 2.05) is 30.3 Å². The number of urea groups is 1. The Morgan fingerprint density at radius 1 is 0.952 bits per heavy atom. The molecule has 0 atom stereocenters. The second kappa shape index (κ2) is 5.54. The van der Waals surface area contributed by atoms with E-state index < -0.39 is 6.03 Å². The lowest BCUT2D eigenvalue weighted by molar-refractivity contribution is -0.113. The van der Waals surface area contributed by atoms with Crippen LogP contribution in [0, 0.1) is 0 Å². The third kappa shape index (κ3) is 2.73. The van der Waals surface area contributed by atoms with E-state index in [0.29, 0.717) is 5.69 Å². The van der Waals surface area contributed by atoms with Crippen molar-refractivity contribution in [2.45, 2.75) is 0 Å². The number of nitrogens with one attached hydrogen (secondary N) is 1. The SMILES string of the molecule is O=C1N/C(=C/c2ccc(Br)cc2)C(=O)N1c1ccccc1. The van der Waals surface area contributed by atoms with Crippen LogP contribution >= 0.6 is 15.9 Å². The largest absolute Gasteiger partial charge is 0.333 e. The van der Waals surface area contributed by atoms with Crippen molar-refractivity contribution in [3.8, 4) is 0 Å². The molecule has 1 aliphatic heterocycles. The molecule has 2 aromatic rings. The molecule has 1 aliphatic rings. The maximum absolute atomic E-state index is 12.4. The molecule has 0 aromatic heterocycles. The summed E-state index contributed by atoms with van der Waals surface area (Å²) in [6.07, 6.45) is 1.66. The Morgan fingerprint density at radius 3 is 2.29 bits per heavy atom. The van der Waals surface area contributed by atoms with Crippen molar-refractivity contribution in [1.82, 2.24) is 5.32 Å². The predicted octanol–water partition coefficient (Wildman–Crippen LogP) is 3.55. The van der Waals surface area contributed by atoms with Crippen LogP contribution in [0.2, 0.25) is 0 Å². The molecule has 3 amide bonds. The fraction of sp³-hybridized carbons (Fsp3) is 0. The first-order valence-corrected chi connectivity index (χ1v) is 7.12. The van der Waals surface area contributed by atoms with Crippen LogP contribution in [0.5, 0.6) is 0 Å². The first-order chi connectivity index (χ1) is 10.1. The van der Waals surface area contributed by atoms with E-state index in [1.165, 1.54) is 0 Å². The van der Waals surface area contributed by atoms with Gasteiger partial charge in [-0.25, -0.2) is 9.69 Å². The van der Waals surface area contributed by atoms with Crippen molar-refractivity contribution in [3.05, 3.63) is 70.3 Å². The molecule has 1 N–H and O–H groups in total. The Labute approximate surface area is 130 Å². The third-order valence-electron chi connectivity index (χ3n) is 3.07. The van der Waals surface area contributed by atoms with Gasteiger partial charge in [-0.1, -0.05) is 46.3 Å². The Balaban J connectivity index is 1.92. The van der Waals surface area contributed by atoms with Crippen molar-refractivity contribution in [2.75, 3.05) is 4.90 Å². The van der Waals surface area contributed by atoms with Gasteiger partial charge < -0.3 is 5.32 Å². The minimum Gasteiger partial charge on any atom is -0.302 e. The van der Waals surface area contributed by atoms with E-state index in [1.54, 1.807) is 30.3 Å². The summed E-state index contributed by atoms with van der Waals surface area (Å²) in [5.41, 5.74) is 1.67. The summed E-state index contributed by atoms with van der Waals surface area (Å²) in [4.78, 5) is 25.5. The highest BCUT2D eigenvalue weighted by Crippen LogP contribution is 2.22. The Hall–Kier alpha value is -2.40. The minimum atomic E-state index is -0.436. The molecule has 2 aromatic carbocycles.